The molecule has 0 amide bonds. The second-order valence-electron chi connectivity index (χ2n) is 5.65. The zero-order valence-corrected chi connectivity index (χ0v) is 11.8. The Morgan fingerprint density at radius 2 is 2.22 bits per heavy atom. The number of ether oxygens (including phenoxy) is 1. The van der Waals surface area contributed by atoms with Crippen molar-refractivity contribution < 1.29 is 4.74 Å². The van der Waals surface area contributed by atoms with Gasteiger partial charge in [-0.2, -0.15) is 0 Å². The first-order valence-electron chi connectivity index (χ1n) is 7.11. The van der Waals surface area contributed by atoms with Crippen molar-refractivity contribution in [1.82, 2.24) is 5.32 Å². The number of benzene rings is 1. The van der Waals surface area contributed by atoms with E-state index in [9.17, 15) is 0 Å². The van der Waals surface area contributed by atoms with Crippen LogP contribution in [0.1, 0.15) is 50.3 Å². The zero-order chi connectivity index (χ0) is 13.0. The fraction of sp³-hybridized carbons (Fsp3) is 0.625. The Labute approximate surface area is 111 Å². The maximum atomic E-state index is 5.32. The van der Waals surface area contributed by atoms with Gasteiger partial charge in [-0.3, -0.25) is 0 Å². The first-order valence-corrected chi connectivity index (χ1v) is 7.11. The van der Waals surface area contributed by atoms with E-state index >= 15 is 0 Å². The summed E-state index contributed by atoms with van der Waals surface area (Å²) in [6, 6.07) is 7.01. The van der Waals surface area contributed by atoms with Crippen molar-refractivity contribution >= 4 is 0 Å². The number of hydrogen-bond acceptors (Lipinski definition) is 2. The SMILES string of the molecule is COc1ccc2c(c1)C(NCCCC(C)C)CC2. The predicted molar refractivity (Wildman–Crippen MR) is 76.1 cm³/mol. The summed E-state index contributed by atoms with van der Waals surface area (Å²) in [5.74, 6) is 1.78. The summed E-state index contributed by atoms with van der Waals surface area (Å²) >= 11 is 0. The van der Waals surface area contributed by atoms with Gasteiger partial charge in [0.25, 0.3) is 0 Å². The Kier molecular flexibility index (Phi) is 4.65. The van der Waals surface area contributed by atoms with Crippen molar-refractivity contribution in [3.05, 3.63) is 29.3 Å². The van der Waals surface area contributed by atoms with E-state index in [0.717, 1.165) is 18.2 Å². The minimum atomic E-state index is 0.530. The summed E-state index contributed by atoms with van der Waals surface area (Å²) in [5, 5.41) is 3.69. The molecule has 18 heavy (non-hydrogen) atoms. The molecule has 0 bridgehead atoms. The first-order chi connectivity index (χ1) is 8.70. The van der Waals surface area contributed by atoms with Crippen molar-refractivity contribution in [2.45, 2.75) is 45.6 Å². The molecule has 0 aromatic heterocycles. The van der Waals surface area contributed by atoms with E-state index < -0.39 is 0 Å². The van der Waals surface area contributed by atoms with Gasteiger partial charge in [0.05, 0.1) is 7.11 Å². The molecule has 1 atom stereocenters. The van der Waals surface area contributed by atoms with Gasteiger partial charge in [-0.15, -0.1) is 0 Å². The zero-order valence-electron chi connectivity index (χ0n) is 11.8. The van der Waals surface area contributed by atoms with E-state index in [0.29, 0.717) is 6.04 Å². The highest BCUT2D eigenvalue weighted by Crippen LogP contribution is 2.33. The second kappa shape index (κ2) is 6.24. The molecular formula is C16H25NO. The third-order valence-corrected chi connectivity index (χ3v) is 3.78. The molecule has 1 aliphatic rings. The quantitative estimate of drug-likeness (QED) is 0.774. The lowest BCUT2D eigenvalue weighted by Gasteiger charge is -2.15. The molecule has 1 N–H and O–H groups in total. The van der Waals surface area contributed by atoms with Gasteiger partial charge < -0.3 is 10.1 Å². The summed E-state index contributed by atoms with van der Waals surface area (Å²) in [4.78, 5) is 0. The Balaban J connectivity index is 1.90. The van der Waals surface area contributed by atoms with Crippen LogP contribution in [0.5, 0.6) is 5.75 Å². The van der Waals surface area contributed by atoms with Gasteiger partial charge in [0, 0.05) is 6.04 Å². The summed E-state index contributed by atoms with van der Waals surface area (Å²) in [6.07, 6.45) is 5.00. The standard InChI is InChI=1S/C16H25NO/c1-12(2)5-4-10-17-16-9-7-13-6-8-14(18-3)11-15(13)16/h6,8,11-12,16-17H,4-5,7,9-10H2,1-3H3. The lowest BCUT2D eigenvalue weighted by molar-refractivity contribution is 0.413. The largest absolute Gasteiger partial charge is 0.497 e. The van der Waals surface area contributed by atoms with Crippen LogP contribution >= 0.6 is 0 Å². The molecule has 1 aromatic carbocycles. The van der Waals surface area contributed by atoms with Gasteiger partial charge in [-0.25, -0.2) is 0 Å². The third-order valence-electron chi connectivity index (χ3n) is 3.78. The van der Waals surface area contributed by atoms with E-state index in [2.05, 4.69) is 37.4 Å². The van der Waals surface area contributed by atoms with Crippen LogP contribution < -0.4 is 10.1 Å². The highest BCUT2D eigenvalue weighted by molar-refractivity contribution is 5.40. The number of fused-ring (bicyclic) bond motifs is 1. The minimum absolute atomic E-state index is 0.530. The summed E-state index contributed by atoms with van der Waals surface area (Å²) < 4.78 is 5.32. The second-order valence-corrected chi connectivity index (χ2v) is 5.65. The molecule has 2 heteroatoms. The Hall–Kier alpha value is -1.02. The number of methoxy groups -OCH3 is 1. The number of rotatable bonds is 6. The molecule has 100 valence electrons. The molecule has 2 rings (SSSR count). The van der Waals surface area contributed by atoms with Crippen LogP contribution in [0, 0.1) is 5.92 Å². The van der Waals surface area contributed by atoms with Gasteiger partial charge in [0.15, 0.2) is 0 Å². The lowest BCUT2D eigenvalue weighted by atomic mass is 10.1. The fourth-order valence-electron chi connectivity index (χ4n) is 2.71. The van der Waals surface area contributed by atoms with Crippen LogP contribution in [0.4, 0.5) is 0 Å². The van der Waals surface area contributed by atoms with E-state index in [-0.39, 0.29) is 0 Å². The molecule has 0 fully saturated rings. The van der Waals surface area contributed by atoms with Gasteiger partial charge in [0.1, 0.15) is 5.75 Å². The smallest absolute Gasteiger partial charge is 0.119 e. The average molecular weight is 247 g/mol. The van der Waals surface area contributed by atoms with Crippen molar-refractivity contribution in [1.29, 1.82) is 0 Å². The summed E-state index contributed by atoms with van der Waals surface area (Å²) in [5.41, 5.74) is 2.93. The molecular weight excluding hydrogens is 222 g/mol. The van der Waals surface area contributed by atoms with Gasteiger partial charge in [-0.1, -0.05) is 19.9 Å². The van der Waals surface area contributed by atoms with Crippen LogP contribution in [0.15, 0.2) is 18.2 Å². The summed E-state index contributed by atoms with van der Waals surface area (Å²) in [6.45, 7) is 5.70. The molecule has 0 heterocycles. The van der Waals surface area contributed by atoms with Crippen molar-refractivity contribution in [3.8, 4) is 5.75 Å². The molecule has 1 unspecified atom stereocenters. The molecule has 0 aliphatic heterocycles. The Bertz CT molecular complexity index is 387. The van der Waals surface area contributed by atoms with E-state index in [1.807, 2.05) is 0 Å². The number of aryl methyl sites for hydroxylation is 1. The molecule has 0 spiro atoms. The topological polar surface area (TPSA) is 21.3 Å². The maximum Gasteiger partial charge on any atom is 0.119 e. The monoisotopic (exact) mass is 247 g/mol. The van der Waals surface area contributed by atoms with Crippen LogP contribution in [0.25, 0.3) is 0 Å². The van der Waals surface area contributed by atoms with E-state index in [4.69, 9.17) is 4.74 Å². The van der Waals surface area contributed by atoms with Crippen molar-refractivity contribution in [2.75, 3.05) is 13.7 Å². The van der Waals surface area contributed by atoms with Crippen molar-refractivity contribution in [3.63, 3.8) is 0 Å². The Morgan fingerprint density at radius 3 is 2.94 bits per heavy atom. The molecule has 1 aromatic rings. The molecule has 0 saturated heterocycles. The van der Waals surface area contributed by atoms with Crippen LogP contribution in [-0.4, -0.2) is 13.7 Å². The van der Waals surface area contributed by atoms with E-state index in [1.54, 1.807) is 7.11 Å². The average Bonchev–Trinajstić information content (AvgIpc) is 2.76. The third kappa shape index (κ3) is 3.26. The maximum absolute atomic E-state index is 5.32. The number of nitrogens with one attached hydrogen (secondary N) is 1. The first kappa shape index (κ1) is 13.4. The van der Waals surface area contributed by atoms with Crippen LogP contribution in [0.2, 0.25) is 0 Å². The van der Waals surface area contributed by atoms with E-state index in [1.165, 1.54) is 36.8 Å². The fourth-order valence-corrected chi connectivity index (χ4v) is 2.71. The normalized spacial score (nSPS) is 18.1. The highest BCUT2D eigenvalue weighted by atomic mass is 16.5. The molecule has 1 aliphatic carbocycles. The Morgan fingerprint density at radius 1 is 1.39 bits per heavy atom. The molecule has 0 saturated carbocycles. The van der Waals surface area contributed by atoms with Gasteiger partial charge >= 0.3 is 0 Å². The van der Waals surface area contributed by atoms with Crippen LogP contribution in [-0.2, 0) is 6.42 Å². The minimum Gasteiger partial charge on any atom is -0.497 e. The van der Waals surface area contributed by atoms with Crippen LogP contribution in [0.3, 0.4) is 0 Å². The van der Waals surface area contributed by atoms with Gasteiger partial charge in [0.2, 0.25) is 0 Å². The molecule has 2 nitrogen and oxygen atoms in total. The predicted octanol–water partition coefficient (Wildman–Crippen LogP) is 3.71. The lowest BCUT2D eigenvalue weighted by Crippen LogP contribution is -2.20. The number of hydrogen-bond donors (Lipinski definition) is 1. The van der Waals surface area contributed by atoms with Crippen molar-refractivity contribution in [2.24, 2.45) is 5.92 Å². The highest BCUT2D eigenvalue weighted by Gasteiger charge is 2.22. The molecule has 0 radical (unpaired) electrons. The summed E-state index contributed by atoms with van der Waals surface area (Å²) in [7, 11) is 1.74. The van der Waals surface area contributed by atoms with Gasteiger partial charge in [-0.05, 0) is 61.4 Å².